The van der Waals surface area contributed by atoms with Crippen LogP contribution in [0.1, 0.15) is 18.9 Å². The summed E-state index contributed by atoms with van der Waals surface area (Å²) in [6.45, 7) is 5.26. The van der Waals surface area contributed by atoms with Crippen LogP contribution in [0, 0.1) is 0 Å². The van der Waals surface area contributed by atoms with E-state index in [0.717, 1.165) is 24.5 Å². The van der Waals surface area contributed by atoms with Gasteiger partial charge in [-0.3, -0.25) is 4.79 Å². The molecule has 1 aliphatic heterocycles. The van der Waals surface area contributed by atoms with Crippen LogP contribution in [0.2, 0.25) is 0 Å². The molecule has 110 valence electrons. The first-order valence-corrected chi connectivity index (χ1v) is 7.07. The number of amides is 1. The van der Waals surface area contributed by atoms with Gasteiger partial charge in [-0.25, -0.2) is 0 Å². The highest BCUT2D eigenvalue weighted by Gasteiger charge is 2.16. The number of hydrogen-bond donors (Lipinski definition) is 2. The number of nitrogens with one attached hydrogen (secondary N) is 2. The fraction of sp³-hybridized carbons (Fsp3) is 0.533. The van der Waals surface area contributed by atoms with E-state index in [1.165, 1.54) is 0 Å². The molecule has 5 heteroatoms. The number of hydrogen-bond acceptors (Lipinski definition) is 4. The summed E-state index contributed by atoms with van der Waals surface area (Å²) in [6.07, 6.45) is 0.450. The molecule has 0 spiro atoms. The van der Waals surface area contributed by atoms with Gasteiger partial charge in [-0.2, -0.15) is 0 Å². The first kappa shape index (κ1) is 14.8. The normalized spacial score (nSPS) is 18.6. The average molecular weight is 278 g/mol. The molecule has 5 nitrogen and oxygen atoms in total. The fourth-order valence-electron chi connectivity index (χ4n) is 2.16. The monoisotopic (exact) mass is 278 g/mol. The number of benzene rings is 1. The Morgan fingerprint density at radius 3 is 3.20 bits per heavy atom. The van der Waals surface area contributed by atoms with E-state index in [9.17, 15) is 4.79 Å². The summed E-state index contributed by atoms with van der Waals surface area (Å²) < 4.78 is 10.8. The minimum absolute atomic E-state index is 0.0369. The lowest BCUT2D eigenvalue weighted by Crippen LogP contribution is -2.44. The molecule has 2 N–H and O–H groups in total. The quantitative estimate of drug-likeness (QED) is 0.817. The predicted octanol–water partition coefficient (Wildman–Crippen LogP) is 1.08. The SMILES string of the molecule is CCOc1cccc(CNC(=O)CC2COCCN2)c1. The first-order valence-electron chi connectivity index (χ1n) is 7.07. The molecular weight excluding hydrogens is 256 g/mol. The minimum Gasteiger partial charge on any atom is -0.494 e. The number of ether oxygens (including phenoxy) is 2. The number of morpholine rings is 1. The smallest absolute Gasteiger partial charge is 0.221 e. The summed E-state index contributed by atoms with van der Waals surface area (Å²) in [5, 5.41) is 6.19. The van der Waals surface area contributed by atoms with Crippen molar-refractivity contribution in [2.75, 3.05) is 26.4 Å². The van der Waals surface area contributed by atoms with Crippen LogP contribution in [0.25, 0.3) is 0 Å². The van der Waals surface area contributed by atoms with Crippen LogP contribution in [0.5, 0.6) is 5.75 Å². The van der Waals surface area contributed by atoms with Crippen molar-refractivity contribution in [2.24, 2.45) is 0 Å². The Morgan fingerprint density at radius 2 is 2.45 bits per heavy atom. The summed E-state index contributed by atoms with van der Waals surface area (Å²) in [6, 6.07) is 7.90. The van der Waals surface area contributed by atoms with Crippen molar-refractivity contribution in [3.8, 4) is 5.75 Å². The number of carbonyl (C=O) groups is 1. The van der Waals surface area contributed by atoms with Crippen molar-refractivity contribution in [1.29, 1.82) is 0 Å². The first-order chi connectivity index (χ1) is 9.78. The molecule has 1 fully saturated rings. The van der Waals surface area contributed by atoms with Gasteiger partial charge in [-0.1, -0.05) is 12.1 Å². The lowest BCUT2D eigenvalue weighted by atomic mass is 10.1. The van der Waals surface area contributed by atoms with Gasteiger partial charge in [0.15, 0.2) is 0 Å². The topological polar surface area (TPSA) is 59.6 Å². The van der Waals surface area contributed by atoms with E-state index in [4.69, 9.17) is 9.47 Å². The predicted molar refractivity (Wildman–Crippen MR) is 76.7 cm³/mol. The van der Waals surface area contributed by atoms with E-state index in [2.05, 4.69) is 10.6 Å². The summed E-state index contributed by atoms with van der Waals surface area (Å²) in [5.74, 6) is 0.872. The van der Waals surface area contributed by atoms with Gasteiger partial charge in [0.25, 0.3) is 0 Å². The van der Waals surface area contributed by atoms with Crippen molar-refractivity contribution >= 4 is 5.91 Å². The van der Waals surface area contributed by atoms with Crippen LogP contribution in [0.3, 0.4) is 0 Å². The molecule has 0 bridgehead atoms. The van der Waals surface area contributed by atoms with Crippen LogP contribution < -0.4 is 15.4 Å². The largest absolute Gasteiger partial charge is 0.494 e. The zero-order valence-corrected chi connectivity index (χ0v) is 11.9. The molecule has 1 aromatic rings. The molecule has 0 radical (unpaired) electrons. The van der Waals surface area contributed by atoms with Crippen molar-refractivity contribution < 1.29 is 14.3 Å². The van der Waals surface area contributed by atoms with Gasteiger partial charge in [0.05, 0.1) is 19.8 Å². The molecule has 0 saturated carbocycles. The third-order valence-electron chi connectivity index (χ3n) is 3.13. The average Bonchev–Trinajstić information content (AvgIpc) is 2.47. The van der Waals surface area contributed by atoms with Crippen molar-refractivity contribution in [3.05, 3.63) is 29.8 Å². The van der Waals surface area contributed by atoms with Crippen LogP contribution in [-0.4, -0.2) is 38.3 Å². The van der Waals surface area contributed by atoms with Gasteiger partial charge in [-0.15, -0.1) is 0 Å². The highest BCUT2D eigenvalue weighted by molar-refractivity contribution is 5.76. The Morgan fingerprint density at radius 1 is 1.55 bits per heavy atom. The molecule has 0 aliphatic carbocycles. The Bertz CT molecular complexity index is 431. The summed E-state index contributed by atoms with van der Waals surface area (Å²) in [7, 11) is 0. The second kappa shape index (κ2) is 7.87. The summed E-state index contributed by atoms with van der Waals surface area (Å²) >= 11 is 0. The van der Waals surface area contributed by atoms with E-state index in [-0.39, 0.29) is 11.9 Å². The Balaban J connectivity index is 1.76. The maximum absolute atomic E-state index is 11.9. The second-order valence-electron chi connectivity index (χ2n) is 4.79. The molecule has 1 saturated heterocycles. The highest BCUT2D eigenvalue weighted by atomic mass is 16.5. The van der Waals surface area contributed by atoms with Crippen molar-refractivity contribution in [3.63, 3.8) is 0 Å². The van der Waals surface area contributed by atoms with Crippen LogP contribution >= 0.6 is 0 Å². The number of carbonyl (C=O) groups excluding carboxylic acids is 1. The standard InChI is InChI=1S/C15H22N2O3/c1-2-20-14-5-3-4-12(8-14)10-17-15(18)9-13-11-19-7-6-16-13/h3-5,8,13,16H,2,6-7,9-11H2,1H3,(H,17,18). The Hall–Kier alpha value is -1.59. The summed E-state index contributed by atoms with van der Waals surface area (Å²) in [5.41, 5.74) is 1.04. The van der Waals surface area contributed by atoms with Crippen LogP contribution in [0.4, 0.5) is 0 Å². The van der Waals surface area contributed by atoms with Gasteiger partial charge in [0, 0.05) is 25.6 Å². The van der Waals surface area contributed by atoms with Gasteiger partial charge in [-0.05, 0) is 24.6 Å². The Kier molecular flexibility index (Phi) is 5.83. The lowest BCUT2D eigenvalue weighted by Gasteiger charge is -2.23. The lowest BCUT2D eigenvalue weighted by molar-refractivity contribution is -0.122. The molecular formula is C15H22N2O3. The molecule has 1 heterocycles. The summed E-state index contributed by atoms with van der Waals surface area (Å²) in [4.78, 5) is 11.9. The third-order valence-corrected chi connectivity index (χ3v) is 3.13. The van der Waals surface area contributed by atoms with E-state index in [1.54, 1.807) is 0 Å². The van der Waals surface area contributed by atoms with Gasteiger partial charge >= 0.3 is 0 Å². The van der Waals surface area contributed by atoms with Crippen LogP contribution in [-0.2, 0) is 16.1 Å². The van der Waals surface area contributed by atoms with Gasteiger partial charge in [0.1, 0.15) is 5.75 Å². The zero-order chi connectivity index (χ0) is 14.2. The maximum atomic E-state index is 11.9. The molecule has 1 atom stereocenters. The highest BCUT2D eigenvalue weighted by Crippen LogP contribution is 2.13. The van der Waals surface area contributed by atoms with E-state index in [1.807, 2.05) is 31.2 Å². The van der Waals surface area contributed by atoms with Crippen molar-refractivity contribution in [2.45, 2.75) is 25.9 Å². The fourth-order valence-corrected chi connectivity index (χ4v) is 2.16. The molecule has 1 aromatic carbocycles. The molecule has 20 heavy (non-hydrogen) atoms. The molecule has 1 aliphatic rings. The van der Waals surface area contributed by atoms with Gasteiger partial charge < -0.3 is 20.1 Å². The second-order valence-corrected chi connectivity index (χ2v) is 4.79. The minimum atomic E-state index is 0.0369. The zero-order valence-electron chi connectivity index (χ0n) is 11.9. The van der Waals surface area contributed by atoms with E-state index < -0.39 is 0 Å². The van der Waals surface area contributed by atoms with Gasteiger partial charge in [0.2, 0.25) is 5.91 Å². The maximum Gasteiger partial charge on any atom is 0.221 e. The Labute approximate surface area is 119 Å². The molecule has 1 unspecified atom stereocenters. The molecule has 2 rings (SSSR count). The third kappa shape index (κ3) is 4.83. The molecule has 1 amide bonds. The molecule has 0 aromatic heterocycles. The van der Waals surface area contributed by atoms with Crippen LogP contribution in [0.15, 0.2) is 24.3 Å². The van der Waals surface area contributed by atoms with E-state index >= 15 is 0 Å². The van der Waals surface area contributed by atoms with E-state index in [0.29, 0.717) is 26.2 Å². The van der Waals surface area contributed by atoms with Crippen molar-refractivity contribution in [1.82, 2.24) is 10.6 Å². The number of rotatable bonds is 6.